The molecule has 4 rings (SSSR count). The van der Waals surface area contributed by atoms with Gasteiger partial charge >= 0.3 is 0 Å². The minimum Gasteiger partial charge on any atom is -0.494 e. The predicted octanol–water partition coefficient (Wildman–Crippen LogP) is 4.25. The molecule has 2 N–H and O–H groups in total. The van der Waals surface area contributed by atoms with Gasteiger partial charge in [0.2, 0.25) is 5.91 Å². The first-order valence-electron chi connectivity index (χ1n) is 10.8. The Kier molecular flexibility index (Phi) is 5.46. The van der Waals surface area contributed by atoms with E-state index in [-0.39, 0.29) is 17.7 Å². The maximum Gasteiger partial charge on any atom is 0.226 e. The van der Waals surface area contributed by atoms with Crippen LogP contribution in [0.15, 0.2) is 11.8 Å². The number of aromatic nitrogens is 1. The molecule has 1 aromatic rings. The molecule has 0 aromatic carbocycles. The predicted molar refractivity (Wildman–Crippen MR) is 105 cm³/mol. The molecule has 1 unspecified atom stereocenters. The van der Waals surface area contributed by atoms with Gasteiger partial charge in [0.1, 0.15) is 0 Å². The number of piperidine rings is 1. The van der Waals surface area contributed by atoms with E-state index in [2.05, 4.69) is 6.08 Å². The Morgan fingerprint density at radius 2 is 1.70 bits per heavy atom. The second kappa shape index (κ2) is 7.99. The zero-order chi connectivity index (χ0) is 18.8. The van der Waals surface area contributed by atoms with Crippen molar-refractivity contribution in [2.45, 2.75) is 83.6 Å². The summed E-state index contributed by atoms with van der Waals surface area (Å²) in [5.41, 5.74) is 3.14. The number of carbonyl (C=O) groups is 1. The molecule has 0 radical (unpaired) electrons. The molecule has 3 aliphatic rings. The number of allylic oxidation sites excluding steroid dienone is 2. The molecule has 2 aliphatic carbocycles. The highest BCUT2D eigenvalue weighted by atomic mass is 16.3. The fraction of sp³-hybridized carbons (Fsp3) is 0.682. The minimum absolute atomic E-state index is 0.236. The summed E-state index contributed by atoms with van der Waals surface area (Å²) in [6.07, 6.45) is 14.2. The van der Waals surface area contributed by atoms with Crippen molar-refractivity contribution >= 4 is 5.91 Å². The highest BCUT2D eigenvalue weighted by Crippen LogP contribution is 2.39. The van der Waals surface area contributed by atoms with Gasteiger partial charge in [-0.05, 0) is 76.5 Å². The molecular formula is C22H32N2O3. The molecule has 0 spiro atoms. The molecule has 1 amide bonds. The zero-order valence-corrected chi connectivity index (χ0v) is 16.3. The monoisotopic (exact) mass is 372 g/mol. The maximum atomic E-state index is 12.7. The number of aromatic hydroxyl groups is 2. The first kappa shape index (κ1) is 18.5. The largest absolute Gasteiger partial charge is 0.494 e. The number of rotatable bonds is 5. The molecule has 1 atom stereocenters. The van der Waals surface area contributed by atoms with Crippen LogP contribution in [0.4, 0.5) is 0 Å². The van der Waals surface area contributed by atoms with Crippen molar-refractivity contribution in [2.24, 2.45) is 5.92 Å². The molecule has 27 heavy (non-hydrogen) atoms. The Bertz CT molecular complexity index is 705. The van der Waals surface area contributed by atoms with Crippen LogP contribution in [-0.2, 0) is 24.2 Å². The molecule has 1 aliphatic heterocycles. The van der Waals surface area contributed by atoms with Crippen molar-refractivity contribution in [3.63, 3.8) is 0 Å². The molecule has 1 saturated heterocycles. The molecular weight excluding hydrogens is 340 g/mol. The molecule has 0 bridgehead atoms. The lowest BCUT2D eigenvalue weighted by atomic mass is 9.85. The molecule has 5 heteroatoms. The normalized spacial score (nSPS) is 22.1. The Hall–Kier alpha value is -1.91. The number of amides is 1. The van der Waals surface area contributed by atoms with Crippen LogP contribution in [0.1, 0.15) is 75.3 Å². The summed E-state index contributed by atoms with van der Waals surface area (Å²) < 4.78 is 1.64. The fourth-order valence-corrected chi connectivity index (χ4v) is 5.16. The van der Waals surface area contributed by atoms with Gasteiger partial charge in [-0.25, -0.2) is 0 Å². The van der Waals surface area contributed by atoms with Crippen molar-refractivity contribution < 1.29 is 15.0 Å². The third-order valence-electron chi connectivity index (χ3n) is 6.62. The van der Waals surface area contributed by atoms with Gasteiger partial charge in [0, 0.05) is 36.3 Å². The van der Waals surface area contributed by atoms with E-state index in [9.17, 15) is 15.0 Å². The Morgan fingerprint density at radius 1 is 1.00 bits per heavy atom. The SMILES string of the molecule is O=C(CCCCn1c(O)c2c(c1O)CCCC2)N1CCCC2CCCC=C21. The first-order chi connectivity index (χ1) is 13.2. The average molecular weight is 373 g/mol. The van der Waals surface area contributed by atoms with E-state index >= 15 is 0 Å². The average Bonchev–Trinajstić information content (AvgIpc) is 2.95. The standard InChI is InChI=1S/C22H32N2O3/c25-20(23-15-7-9-16-8-1-4-12-19(16)23)13-5-6-14-24-21(26)17-10-2-3-11-18(17)22(24)27/h12,16,26-27H,1-11,13-15H2. The Labute approximate surface area is 161 Å². The molecule has 0 saturated carbocycles. The topological polar surface area (TPSA) is 65.7 Å². The quantitative estimate of drug-likeness (QED) is 0.759. The Balaban J connectivity index is 1.31. The third-order valence-corrected chi connectivity index (χ3v) is 6.62. The molecule has 1 fully saturated rings. The van der Waals surface area contributed by atoms with Crippen LogP contribution >= 0.6 is 0 Å². The van der Waals surface area contributed by atoms with Crippen molar-refractivity contribution in [1.29, 1.82) is 0 Å². The van der Waals surface area contributed by atoms with E-state index in [0.717, 1.165) is 69.0 Å². The van der Waals surface area contributed by atoms with Crippen LogP contribution in [0, 0.1) is 5.92 Å². The lowest BCUT2D eigenvalue weighted by Gasteiger charge is -2.38. The summed E-state index contributed by atoms with van der Waals surface area (Å²) in [7, 11) is 0. The highest BCUT2D eigenvalue weighted by Gasteiger charge is 2.30. The summed E-state index contributed by atoms with van der Waals surface area (Å²) in [6, 6.07) is 0. The zero-order valence-electron chi connectivity index (χ0n) is 16.3. The summed E-state index contributed by atoms with van der Waals surface area (Å²) in [4.78, 5) is 14.8. The first-order valence-corrected chi connectivity index (χ1v) is 10.8. The van der Waals surface area contributed by atoms with Crippen LogP contribution < -0.4 is 0 Å². The molecule has 5 nitrogen and oxygen atoms in total. The van der Waals surface area contributed by atoms with Crippen LogP contribution in [-0.4, -0.2) is 32.1 Å². The smallest absolute Gasteiger partial charge is 0.226 e. The van der Waals surface area contributed by atoms with E-state index < -0.39 is 0 Å². The Morgan fingerprint density at radius 3 is 2.44 bits per heavy atom. The number of likely N-dealkylation sites (tertiary alicyclic amines) is 1. The van der Waals surface area contributed by atoms with Gasteiger partial charge in [-0.1, -0.05) is 6.08 Å². The molecule has 1 aromatic heterocycles. The van der Waals surface area contributed by atoms with Crippen LogP contribution in [0.5, 0.6) is 11.8 Å². The van der Waals surface area contributed by atoms with Gasteiger partial charge in [-0.3, -0.25) is 9.36 Å². The van der Waals surface area contributed by atoms with E-state index in [0.29, 0.717) is 18.9 Å². The van der Waals surface area contributed by atoms with Crippen LogP contribution in [0.25, 0.3) is 0 Å². The van der Waals surface area contributed by atoms with Crippen molar-refractivity contribution in [3.05, 3.63) is 22.9 Å². The number of hydrogen-bond acceptors (Lipinski definition) is 3. The van der Waals surface area contributed by atoms with E-state index in [1.54, 1.807) is 4.57 Å². The number of hydrogen-bond donors (Lipinski definition) is 2. The third kappa shape index (κ3) is 3.61. The van der Waals surface area contributed by atoms with E-state index in [1.807, 2.05) is 4.90 Å². The van der Waals surface area contributed by atoms with E-state index in [4.69, 9.17) is 0 Å². The van der Waals surface area contributed by atoms with Gasteiger partial charge in [0.05, 0.1) is 0 Å². The van der Waals surface area contributed by atoms with Gasteiger partial charge in [-0.15, -0.1) is 0 Å². The van der Waals surface area contributed by atoms with Gasteiger partial charge in [-0.2, -0.15) is 0 Å². The highest BCUT2D eigenvalue weighted by molar-refractivity contribution is 5.78. The number of carbonyl (C=O) groups excluding carboxylic acids is 1. The number of unbranched alkanes of at least 4 members (excludes halogenated alkanes) is 1. The minimum atomic E-state index is 0.236. The van der Waals surface area contributed by atoms with Gasteiger partial charge in [0.25, 0.3) is 0 Å². The fourth-order valence-electron chi connectivity index (χ4n) is 5.16. The summed E-state index contributed by atoms with van der Waals surface area (Å²) in [5.74, 6) is 1.31. The van der Waals surface area contributed by atoms with Crippen LogP contribution in [0.3, 0.4) is 0 Å². The second-order valence-electron chi connectivity index (χ2n) is 8.36. The second-order valence-corrected chi connectivity index (χ2v) is 8.36. The lowest BCUT2D eigenvalue weighted by Crippen LogP contribution is -2.38. The summed E-state index contributed by atoms with van der Waals surface area (Å²) >= 11 is 0. The van der Waals surface area contributed by atoms with Crippen molar-refractivity contribution in [1.82, 2.24) is 9.47 Å². The van der Waals surface area contributed by atoms with Gasteiger partial charge < -0.3 is 15.1 Å². The van der Waals surface area contributed by atoms with E-state index in [1.165, 1.54) is 25.0 Å². The molecule has 148 valence electrons. The lowest BCUT2D eigenvalue weighted by molar-refractivity contribution is -0.130. The van der Waals surface area contributed by atoms with Crippen molar-refractivity contribution in [2.75, 3.05) is 6.54 Å². The summed E-state index contributed by atoms with van der Waals surface area (Å²) in [6.45, 7) is 1.44. The van der Waals surface area contributed by atoms with Crippen LogP contribution in [0.2, 0.25) is 0 Å². The summed E-state index contributed by atoms with van der Waals surface area (Å²) in [5, 5.41) is 20.8. The molecule has 2 heterocycles. The van der Waals surface area contributed by atoms with Gasteiger partial charge in [0.15, 0.2) is 11.8 Å². The number of nitrogens with zero attached hydrogens (tertiary/aromatic N) is 2. The number of fused-ring (bicyclic) bond motifs is 2. The maximum absolute atomic E-state index is 12.7. The van der Waals surface area contributed by atoms with Crippen molar-refractivity contribution in [3.8, 4) is 11.8 Å².